The van der Waals surface area contributed by atoms with Crippen molar-refractivity contribution in [3.8, 4) is 0 Å². The third-order valence-corrected chi connectivity index (χ3v) is 5.40. The SMILES string of the molecule is CCCCCCCC(=O)C(S(=O)(=O)O)S(=O)(=O)O. The van der Waals surface area contributed by atoms with E-state index in [1.807, 2.05) is 6.92 Å². The van der Waals surface area contributed by atoms with E-state index in [1.54, 1.807) is 0 Å². The van der Waals surface area contributed by atoms with Gasteiger partial charge in [-0.25, -0.2) is 0 Å². The van der Waals surface area contributed by atoms with E-state index in [0.717, 1.165) is 19.3 Å². The molecule has 0 rings (SSSR count). The van der Waals surface area contributed by atoms with Crippen LogP contribution in [-0.4, -0.2) is 36.3 Å². The molecule has 0 aromatic carbocycles. The first-order chi connectivity index (χ1) is 8.10. The maximum Gasteiger partial charge on any atom is 0.292 e. The predicted octanol–water partition coefficient (Wildman–Crippen LogP) is 1.02. The van der Waals surface area contributed by atoms with Crippen molar-refractivity contribution < 1.29 is 30.7 Å². The van der Waals surface area contributed by atoms with Crippen LogP contribution in [0.3, 0.4) is 0 Å². The van der Waals surface area contributed by atoms with Gasteiger partial charge in [-0.2, -0.15) is 16.8 Å². The van der Waals surface area contributed by atoms with Crippen LogP contribution in [-0.2, 0) is 25.0 Å². The second-order valence-electron chi connectivity index (χ2n) is 3.99. The van der Waals surface area contributed by atoms with E-state index in [4.69, 9.17) is 9.11 Å². The lowest BCUT2D eigenvalue weighted by Crippen LogP contribution is -2.37. The molecule has 0 heterocycles. The number of rotatable bonds is 9. The van der Waals surface area contributed by atoms with Gasteiger partial charge in [0.2, 0.25) is 0 Å². The zero-order chi connectivity index (χ0) is 14.4. The van der Waals surface area contributed by atoms with Gasteiger partial charge in [-0.1, -0.05) is 32.6 Å². The molecule has 9 heteroatoms. The van der Waals surface area contributed by atoms with Crippen molar-refractivity contribution in [2.45, 2.75) is 50.0 Å². The molecular weight excluding hydrogens is 284 g/mol. The summed E-state index contributed by atoms with van der Waals surface area (Å²) in [6.45, 7) is 2.00. The van der Waals surface area contributed by atoms with Crippen LogP contribution in [0, 0.1) is 0 Å². The summed E-state index contributed by atoms with van der Waals surface area (Å²) in [7, 11) is -10.3. The Bertz CT molecular complexity index is 431. The fraction of sp³-hybridized carbons (Fsp3) is 0.889. The van der Waals surface area contributed by atoms with Gasteiger partial charge in [0.25, 0.3) is 24.8 Å². The lowest BCUT2D eigenvalue weighted by atomic mass is 10.1. The van der Waals surface area contributed by atoms with Gasteiger partial charge in [-0.3, -0.25) is 13.9 Å². The molecule has 0 spiro atoms. The average Bonchev–Trinajstić information content (AvgIpc) is 2.12. The second-order valence-corrected chi connectivity index (χ2v) is 7.29. The summed E-state index contributed by atoms with van der Waals surface area (Å²) >= 11 is 0. The number of hydrogen-bond donors (Lipinski definition) is 2. The third kappa shape index (κ3) is 6.43. The molecule has 18 heavy (non-hydrogen) atoms. The lowest BCUT2D eigenvalue weighted by molar-refractivity contribution is -0.117. The zero-order valence-corrected chi connectivity index (χ0v) is 11.7. The van der Waals surface area contributed by atoms with Crippen LogP contribution in [0.15, 0.2) is 0 Å². The van der Waals surface area contributed by atoms with Crippen LogP contribution in [0.5, 0.6) is 0 Å². The molecule has 7 nitrogen and oxygen atoms in total. The van der Waals surface area contributed by atoms with Gasteiger partial charge in [0.15, 0.2) is 5.78 Å². The highest BCUT2D eigenvalue weighted by Gasteiger charge is 2.41. The molecule has 0 aliphatic carbocycles. The van der Waals surface area contributed by atoms with Crippen molar-refractivity contribution in [2.75, 3.05) is 0 Å². The molecule has 0 fully saturated rings. The summed E-state index contributed by atoms with van der Waals surface area (Å²) in [4.78, 5) is 11.4. The van der Waals surface area contributed by atoms with Crippen LogP contribution < -0.4 is 0 Å². The second kappa shape index (κ2) is 7.17. The van der Waals surface area contributed by atoms with Gasteiger partial charge in [0.1, 0.15) is 0 Å². The van der Waals surface area contributed by atoms with Gasteiger partial charge < -0.3 is 0 Å². The van der Waals surface area contributed by atoms with Crippen LogP contribution in [0.2, 0.25) is 0 Å². The number of ketones is 1. The van der Waals surface area contributed by atoms with Gasteiger partial charge in [-0.05, 0) is 6.42 Å². The van der Waals surface area contributed by atoms with E-state index in [9.17, 15) is 21.6 Å². The van der Waals surface area contributed by atoms with Crippen molar-refractivity contribution in [3.63, 3.8) is 0 Å². The summed E-state index contributed by atoms with van der Waals surface area (Å²) in [5, 5.41) is 0. The normalized spacial score (nSPS) is 12.9. The summed E-state index contributed by atoms with van der Waals surface area (Å²) in [6, 6.07) is 0. The molecule has 108 valence electrons. The smallest absolute Gasteiger partial charge is 0.292 e. The van der Waals surface area contributed by atoms with Gasteiger partial charge in [-0.15, -0.1) is 0 Å². The lowest BCUT2D eigenvalue weighted by Gasteiger charge is -2.09. The monoisotopic (exact) mass is 302 g/mol. The van der Waals surface area contributed by atoms with Gasteiger partial charge >= 0.3 is 0 Å². The highest BCUT2D eigenvalue weighted by atomic mass is 32.3. The highest BCUT2D eigenvalue weighted by molar-refractivity contribution is 8.05. The number of carbonyl (C=O) groups is 1. The Labute approximate surface area is 107 Å². The molecule has 0 saturated carbocycles. The van der Waals surface area contributed by atoms with Crippen molar-refractivity contribution in [2.24, 2.45) is 0 Å². The maximum absolute atomic E-state index is 11.4. The molecule has 0 aromatic heterocycles. The topological polar surface area (TPSA) is 126 Å². The number of Topliss-reactive ketones (excluding diaryl/α,β-unsaturated/α-hetero) is 1. The van der Waals surface area contributed by atoms with Crippen molar-refractivity contribution in [3.05, 3.63) is 0 Å². The van der Waals surface area contributed by atoms with Crippen LogP contribution in [0.1, 0.15) is 45.4 Å². The summed E-state index contributed by atoms with van der Waals surface area (Å²) in [5.74, 6) is -1.21. The van der Waals surface area contributed by atoms with Crippen LogP contribution in [0.4, 0.5) is 0 Å². The first kappa shape index (κ1) is 17.5. The Hall–Kier alpha value is -0.510. The number of hydrogen-bond acceptors (Lipinski definition) is 5. The van der Waals surface area contributed by atoms with Gasteiger partial charge in [0.05, 0.1) is 0 Å². The fourth-order valence-electron chi connectivity index (χ4n) is 1.51. The number of unbranched alkanes of at least 4 members (excludes halogenated alkanes) is 4. The molecule has 0 aliphatic rings. The molecule has 0 amide bonds. The summed E-state index contributed by atoms with van der Waals surface area (Å²) < 4.78 is 57.5. The fourth-order valence-corrected chi connectivity index (χ4v) is 3.64. The van der Waals surface area contributed by atoms with E-state index < -0.39 is 30.6 Å². The van der Waals surface area contributed by atoms with E-state index in [-0.39, 0.29) is 6.42 Å². The summed E-state index contributed by atoms with van der Waals surface area (Å²) in [6.07, 6.45) is 3.48. The van der Waals surface area contributed by atoms with Crippen molar-refractivity contribution in [1.29, 1.82) is 0 Å². The Morgan fingerprint density at radius 3 is 1.78 bits per heavy atom. The molecular formula is C9H18O7S2. The first-order valence-electron chi connectivity index (χ1n) is 5.56. The zero-order valence-electron chi connectivity index (χ0n) is 10.1. The van der Waals surface area contributed by atoms with E-state index in [0.29, 0.717) is 12.8 Å². The molecule has 0 aliphatic heterocycles. The molecule has 0 radical (unpaired) electrons. The Morgan fingerprint density at radius 1 is 0.944 bits per heavy atom. The van der Waals surface area contributed by atoms with Gasteiger partial charge in [0, 0.05) is 6.42 Å². The minimum absolute atomic E-state index is 0.312. The highest BCUT2D eigenvalue weighted by Crippen LogP contribution is 2.13. The Morgan fingerprint density at radius 2 is 1.39 bits per heavy atom. The quantitative estimate of drug-likeness (QED) is 0.481. The Balaban J connectivity index is 4.54. The standard InChI is InChI=1S/C9H18O7S2/c1-2-3-4-5-6-7-8(10)9(17(11,12)13)18(14,15)16/h9H,2-7H2,1H3,(H,11,12,13)(H,14,15,16). The van der Waals surface area contributed by atoms with Crippen molar-refractivity contribution >= 4 is 26.0 Å². The average molecular weight is 302 g/mol. The van der Waals surface area contributed by atoms with E-state index in [1.165, 1.54) is 0 Å². The van der Waals surface area contributed by atoms with Crippen LogP contribution >= 0.6 is 0 Å². The van der Waals surface area contributed by atoms with E-state index >= 15 is 0 Å². The molecule has 0 saturated heterocycles. The van der Waals surface area contributed by atoms with E-state index in [2.05, 4.69) is 0 Å². The first-order valence-corrected chi connectivity index (χ1v) is 8.56. The Kier molecular flexibility index (Phi) is 6.97. The third-order valence-electron chi connectivity index (χ3n) is 2.33. The molecule has 0 bridgehead atoms. The minimum Gasteiger partial charge on any atom is -0.297 e. The minimum atomic E-state index is -5.16. The largest absolute Gasteiger partial charge is 0.297 e. The van der Waals surface area contributed by atoms with Crippen LogP contribution in [0.25, 0.3) is 0 Å². The summed E-state index contributed by atoms with van der Waals surface area (Å²) in [5.41, 5.74) is 0. The maximum atomic E-state index is 11.4. The predicted molar refractivity (Wildman–Crippen MR) is 65.3 cm³/mol. The molecule has 0 unspecified atom stereocenters. The molecule has 2 N–H and O–H groups in total. The molecule has 0 aromatic rings. The molecule has 0 atom stereocenters. The number of carbonyl (C=O) groups excluding carboxylic acids is 1. The van der Waals surface area contributed by atoms with Crippen molar-refractivity contribution in [1.82, 2.24) is 0 Å².